The molecule has 0 saturated heterocycles. The van der Waals surface area contributed by atoms with Gasteiger partial charge in [0, 0.05) is 0 Å². The number of alkyl halides is 3. The Kier molecular flexibility index (Phi) is 4.42. The maximum atomic E-state index is 12.5. The van der Waals surface area contributed by atoms with E-state index in [2.05, 4.69) is 4.28 Å². The summed E-state index contributed by atoms with van der Waals surface area (Å²) < 4.78 is 83.7. The van der Waals surface area contributed by atoms with Gasteiger partial charge in [0.05, 0.1) is 4.90 Å². The maximum absolute atomic E-state index is 12.5. The van der Waals surface area contributed by atoms with Gasteiger partial charge in [0.25, 0.3) is 0 Å². The highest BCUT2D eigenvalue weighted by atomic mass is 32.2. The van der Waals surface area contributed by atoms with Gasteiger partial charge in [-0.25, -0.2) is 17.0 Å². The van der Waals surface area contributed by atoms with Gasteiger partial charge >= 0.3 is 5.51 Å². The van der Waals surface area contributed by atoms with E-state index >= 15 is 0 Å². The zero-order valence-corrected chi connectivity index (χ0v) is 9.85. The standard InChI is InChI=1S/C7H4F4NO4S2/c8-5-1-3-6(4-2-5)17(13)16-12-18(14,15)7(9,10)11/h1-4H/q-1. The van der Waals surface area contributed by atoms with Gasteiger partial charge in [-0.1, -0.05) is 0 Å². The number of nitrogens with zero attached hydrogens (tertiary/aromatic N) is 1. The van der Waals surface area contributed by atoms with Crippen LogP contribution in [0.4, 0.5) is 17.6 Å². The molecule has 0 spiro atoms. The van der Waals surface area contributed by atoms with Crippen LogP contribution in [0.3, 0.4) is 0 Å². The third kappa shape index (κ3) is 3.73. The molecular formula is C7H4F4NO4S2-. The fraction of sp³-hybridized carbons (Fsp3) is 0.143. The summed E-state index contributed by atoms with van der Waals surface area (Å²) in [5.41, 5.74) is -5.64. The van der Waals surface area contributed by atoms with E-state index in [1.807, 2.05) is 4.89 Å². The van der Waals surface area contributed by atoms with E-state index < -0.39 is 32.4 Å². The molecule has 1 atom stereocenters. The zero-order chi connectivity index (χ0) is 14.0. The fourth-order valence-corrected chi connectivity index (χ4v) is 1.77. The first-order valence-corrected chi connectivity index (χ1v) is 6.53. The van der Waals surface area contributed by atoms with Crippen LogP contribution in [0.1, 0.15) is 0 Å². The third-order valence-electron chi connectivity index (χ3n) is 1.49. The molecule has 1 unspecified atom stereocenters. The van der Waals surface area contributed by atoms with Crippen LogP contribution < -0.4 is 0 Å². The molecule has 1 aromatic rings. The molecule has 0 heterocycles. The van der Waals surface area contributed by atoms with E-state index in [0.717, 1.165) is 24.3 Å². The Morgan fingerprint density at radius 3 is 2.11 bits per heavy atom. The molecule has 0 aliphatic rings. The molecule has 0 N–H and O–H groups in total. The van der Waals surface area contributed by atoms with E-state index in [4.69, 9.17) is 0 Å². The predicted octanol–water partition coefficient (Wildman–Crippen LogP) is 2.00. The number of sulfonamides is 1. The first kappa shape index (κ1) is 15.0. The van der Waals surface area contributed by atoms with E-state index in [1.54, 1.807) is 0 Å². The van der Waals surface area contributed by atoms with Crippen molar-refractivity contribution in [3.63, 3.8) is 0 Å². The normalized spacial score (nSPS) is 14.4. The van der Waals surface area contributed by atoms with Crippen LogP contribution in [-0.4, -0.2) is 18.1 Å². The SMILES string of the molecule is O=S(O[N-]S(=O)(=O)C(F)(F)F)c1ccc(F)cc1. The monoisotopic (exact) mass is 306 g/mol. The zero-order valence-electron chi connectivity index (χ0n) is 8.22. The fourth-order valence-electron chi connectivity index (χ4n) is 0.699. The minimum absolute atomic E-state index is 0.238. The first-order valence-electron chi connectivity index (χ1n) is 4.02. The minimum atomic E-state index is -5.87. The molecule has 0 aliphatic heterocycles. The quantitative estimate of drug-likeness (QED) is 0.630. The Morgan fingerprint density at radius 1 is 1.17 bits per heavy atom. The van der Waals surface area contributed by atoms with E-state index in [0.29, 0.717) is 0 Å². The lowest BCUT2D eigenvalue weighted by atomic mass is 10.4. The van der Waals surface area contributed by atoms with Crippen LogP contribution in [0.2, 0.25) is 0 Å². The average molecular weight is 306 g/mol. The molecule has 18 heavy (non-hydrogen) atoms. The van der Waals surface area contributed by atoms with Crippen LogP contribution >= 0.6 is 0 Å². The second kappa shape index (κ2) is 5.30. The maximum Gasteiger partial charge on any atom is 0.481 e. The summed E-state index contributed by atoms with van der Waals surface area (Å²) in [7, 11) is -5.87. The summed E-state index contributed by atoms with van der Waals surface area (Å²) in [5, 5.41) is 0. The largest absolute Gasteiger partial charge is 0.481 e. The van der Waals surface area contributed by atoms with Gasteiger partial charge in [0.1, 0.15) is 5.82 Å². The van der Waals surface area contributed by atoms with Crippen LogP contribution in [-0.2, 0) is 25.4 Å². The highest BCUT2D eigenvalue weighted by Crippen LogP contribution is 2.28. The number of rotatable bonds is 4. The van der Waals surface area contributed by atoms with Crippen molar-refractivity contribution in [2.45, 2.75) is 10.4 Å². The Morgan fingerprint density at radius 2 is 1.67 bits per heavy atom. The number of halogens is 4. The van der Waals surface area contributed by atoms with Gasteiger partial charge in [-0.15, -0.1) is 0 Å². The van der Waals surface area contributed by atoms with Gasteiger partial charge in [0.2, 0.25) is 0 Å². The molecule has 0 bridgehead atoms. The van der Waals surface area contributed by atoms with Crippen LogP contribution in [0.25, 0.3) is 4.89 Å². The molecule has 102 valence electrons. The summed E-state index contributed by atoms with van der Waals surface area (Å²) in [4.78, 5) is 1.64. The highest BCUT2D eigenvalue weighted by Gasteiger charge is 2.39. The molecule has 0 aliphatic carbocycles. The van der Waals surface area contributed by atoms with E-state index in [9.17, 15) is 30.2 Å². The molecule has 1 rings (SSSR count). The third-order valence-corrected chi connectivity index (χ3v) is 3.31. The molecule has 1 aromatic carbocycles. The van der Waals surface area contributed by atoms with Gasteiger partial charge < -0.3 is 9.17 Å². The molecular weight excluding hydrogens is 302 g/mol. The van der Waals surface area contributed by atoms with Crippen LogP contribution in [0.15, 0.2) is 29.2 Å². The highest BCUT2D eigenvalue weighted by molar-refractivity contribution is 7.95. The predicted molar refractivity (Wildman–Crippen MR) is 52.2 cm³/mol. The van der Waals surface area contributed by atoms with Crippen molar-refractivity contribution in [3.8, 4) is 0 Å². The average Bonchev–Trinajstić information content (AvgIpc) is 2.25. The van der Waals surface area contributed by atoms with Gasteiger partial charge in [-0.05, 0) is 24.3 Å². The summed E-state index contributed by atoms with van der Waals surface area (Å²) in [6.45, 7) is 0. The molecule has 0 amide bonds. The topological polar surface area (TPSA) is 74.5 Å². The summed E-state index contributed by atoms with van der Waals surface area (Å²) in [6, 6.07) is 3.63. The Balaban J connectivity index is 2.71. The molecule has 0 saturated carbocycles. The van der Waals surface area contributed by atoms with Crippen molar-refractivity contribution in [1.29, 1.82) is 0 Å². The van der Waals surface area contributed by atoms with Crippen molar-refractivity contribution in [2.24, 2.45) is 0 Å². The summed E-state index contributed by atoms with van der Waals surface area (Å²) >= 11 is -2.59. The smallest absolute Gasteiger partial charge is 0.398 e. The van der Waals surface area contributed by atoms with Crippen molar-refractivity contribution in [3.05, 3.63) is 35.0 Å². The lowest BCUT2D eigenvalue weighted by Gasteiger charge is -2.21. The number of benzene rings is 1. The number of hydrogen-bond donors (Lipinski definition) is 0. The minimum Gasteiger partial charge on any atom is -0.398 e. The van der Waals surface area contributed by atoms with E-state index in [-0.39, 0.29) is 4.90 Å². The Hall–Kier alpha value is -1.04. The lowest BCUT2D eigenvalue weighted by molar-refractivity contribution is -0.0434. The number of hydrogen-bond acceptors (Lipinski definition) is 4. The second-order valence-corrected chi connectivity index (χ2v) is 5.41. The first-order chi connectivity index (χ1) is 8.13. The van der Waals surface area contributed by atoms with Crippen LogP contribution in [0, 0.1) is 5.82 Å². The molecule has 0 fully saturated rings. The van der Waals surface area contributed by atoms with Gasteiger partial charge in [-0.2, -0.15) is 13.2 Å². The van der Waals surface area contributed by atoms with Gasteiger partial charge in [-0.3, -0.25) is 0 Å². The van der Waals surface area contributed by atoms with Crippen LogP contribution in [0.5, 0.6) is 0 Å². The lowest BCUT2D eigenvalue weighted by Crippen LogP contribution is -2.22. The van der Waals surface area contributed by atoms with Gasteiger partial charge in [0.15, 0.2) is 21.1 Å². The molecule has 5 nitrogen and oxygen atoms in total. The molecule has 0 aromatic heterocycles. The summed E-state index contributed by atoms with van der Waals surface area (Å²) in [5.74, 6) is -0.671. The Labute approximate surface area is 101 Å². The second-order valence-electron chi connectivity index (χ2n) is 2.76. The van der Waals surface area contributed by atoms with Crippen molar-refractivity contribution >= 4 is 21.1 Å². The molecule has 0 radical (unpaired) electrons. The van der Waals surface area contributed by atoms with Crippen molar-refractivity contribution < 1.29 is 34.5 Å². The van der Waals surface area contributed by atoms with Crippen molar-refractivity contribution in [1.82, 2.24) is 0 Å². The molecule has 11 heteroatoms. The van der Waals surface area contributed by atoms with Crippen molar-refractivity contribution in [2.75, 3.05) is 0 Å². The Bertz CT molecular complexity index is 540. The van der Waals surface area contributed by atoms with E-state index in [1.165, 1.54) is 0 Å². The summed E-state index contributed by atoms with van der Waals surface area (Å²) in [6.07, 6.45) is 0.